The van der Waals surface area contributed by atoms with Gasteiger partial charge in [-0.05, 0) is 56.0 Å². The minimum absolute atomic E-state index is 0.213. The second kappa shape index (κ2) is 11.8. The molecule has 2 N–H and O–H groups in total. The van der Waals surface area contributed by atoms with Crippen molar-refractivity contribution in [2.24, 2.45) is 0 Å². The van der Waals surface area contributed by atoms with Crippen LogP contribution in [0.3, 0.4) is 0 Å². The van der Waals surface area contributed by atoms with Crippen molar-refractivity contribution in [3.8, 4) is 5.75 Å². The molecule has 0 fully saturated rings. The number of hydrogen-bond acceptors (Lipinski definition) is 4. The van der Waals surface area contributed by atoms with Crippen molar-refractivity contribution in [2.75, 3.05) is 32.8 Å². The number of benzene rings is 1. The Balaban J connectivity index is 2.37. The van der Waals surface area contributed by atoms with Crippen molar-refractivity contribution in [3.63, 3.8) is 0 Å². The van der Waals surface area contributed by atoms with E-state index in [0.29, 0.717) is 23.8 Å². The van der Waals surface area contributed by atoms with Crippen LogP contribution in [0, 0.1) is 0 Å². The van der Waals surface area contributed by atoms with E-state index in [1.165, 1.54) is 0 Å². The van der Waals surface area contributed by atoms with Gasteiger partial charge in [0.1, 0.15) is 5.75 Å². The number of carbonyl (C=O) groups excluding carboxylic acids is 1. The van der Waals surface area contributed by atoms with Crippen LogP contribution in [0.15, 0.2) is 24.3 Å². The Morgan fingerprint density at radius 2 is 1.83 bits per heavy atom. The lowest BCUT2D eigenvalue weighted by Crippen LogP contribution is -2.42. The molecule has 0 aromatic heterocycles. The third kappa shape index (κ3) is 7.75. The summed E-state index contributed by atoms with van der Waals surface area (Å²) in [5.74, 6) is 0.565. The number of ether oxygens (including phenoxy) is 1. The molecule has 134 valence electrons. The Kier molecular flexibility index (Phi) is 10.0. The van der Waals surface area contributed by atoms with Gasteiger partial charge in [-0.25, -0.2) is 0 Å². The van der Waals surface area contributed by atoms with Crippen LogP contribution in [0.2, 0.25) is 0 Å². The number of nitrogens with zero attached hydrogens (tertiary/aromatic N) is 1. The van der Waals surface area contributed by atoms with Gasteiger partial charge >= 0.3 is 0 Å². The molecular formula is C18H29N3O2S. The van der Waals surface area contributed by atoms with E-state index in [1.54, 1.807) is 24.3 Å². The van der Waals surface area contributed by atoms with Gasteiger partial charge in [0.2, 0.25) is 0 Å². The molecule has 0 heterocycles. The Morgan fingerprint density at radius 1 is 1.17 bits per heavy atom. The second-order valence-corrected chi connectivity index (χ2v) is 5.87. The Labute approximate surface area is 150 Å². The van der Waals surface area contributed by atoms with Crippen molar-refractivity contribution < 1.29 is 9.53 Å². The van der Waals surface area contributed by atoms with E-state index < -0.39 is 0 Å². The van der Waals surface area contributed by atoms with Crippen LogP contribution in [-0.2, 0) is 0 Å². The van der Waals surface area contributed by atoms with Crippen molar-refractivity contribution in [2.45, 2.75) is 33.6 Å². The molecule has 0 aliphatic rings. The molecule has 0 aliphatic heterocycles. The minimum atomic E-state index is -0.213. The summed E-state index contributed by atoms with van der Waals surface area (Å²) in [4.78, 5) is 14.4. The van der Waals surface area contributed by atoms with E-state index in [-0.39, 0.29) is 5.91 Å². The SMILES string of the molecule is CCCCOc1ccc(C(=O)NC(=S)NCCN(CC)CC)cc1. The smallest absolute Gasteiger partial charge is 0.257 e. The van der Waals surface area contributed by atoms with Crippen LogP contribution in [0.1, 0.15) is 44.0 Å². The maximum Gasteiger partial charge on any atom is 0.257 e. The molecule has 0 bridgehead atoms. The lowest BCUT2D eigenvalue weighted by Gasteiger charge is -2.18. The van der Waals surface area contributed by atoms with Crippen LogP contribution in [0.5, 0.6) is 5.75 Å². The molecule has 1 aromatic rings. The van der Waals surface area contributed by atoms with E-state index in [0.717, 1.165) is 38.2 Å². The molecule has 0 radical (unpaired) electrons. The molecule has 0 spiro atoms. The predicted octanol–water partition coefficient (Wildman–Crippen LogP) is 2.81. The number of carbonyl (C=O) groups is 1. The highest BCUT2D eigenvalue weighted by Gasteiger charge is 2.08. The summed E-state index contributed by atoms with van der Waals surface area (Å²) in [6, 6.07) is 7.10. The number of thiocarbonyl (C=S) groups is 1. The molecule has 1 rings (SSSR count). The zero-order valence-corrected chi connectivity index (χ0v) is 15.7. The number of hydrogen-bond donors (Lipinski definition) is 2. The fraction of sp³-hybridized carbons (Fsp3) is 0.556. The van der Waals surface area contributed by atoms with Gasteiger partial charge in [-0.1, -0.05) is 27.2 Å². The standard InChI is InChI=1S/C18H29N3O2S/c1-4-7-14-23-16-10-8-15(9-11-16)17(22)20-18(24)19-12-13-21(5-2)6-3/h8-11H,4-7,12-14H2,1-3H3,(H2,19,20,22,24). The quantitative estimate of drug-likeness (QED) is 0.501. The van der Waals surface area contributed by atoms with Crippen molar-refractivity contribution >= 4 is 23.2 Å². The predicted molar refractivity (Wildman–Crippen MR) is 103 cm³/mol. The van der Waals surface area contributed by atoms with Crippen LogP contribution < -0.4 is 15.4 Å². The van der Waals surface area contributed by atoms with Crippen LogP contribution in [0.25, 0.3) is 0 Å². The summed E-state index contributed by atoms with van der Waals surface area (Å²) < 4.78 is 5.58. The molecule has 0 atom stereocenters. The first-order chi connectivity index (χ1) is 11.6. The zero-order valence-electron chi connectivity index (χ0n) is 14.9. The third-order valence-electron chi connectivity index (χ3n) is 3.72. The molecule has 0 unspecified atom stereocenters. The normalized spacial score (nSPS) is 10.5. The summed E-state index contributed by atoms with van der Waals surface area (Å²) in [5.41, 5.74) is 0.561. The Hall–Kier alpha value is -1.66. The monoisotopic (exact) mass is 351 g/mol. The van der Waals surface area contributed by atoms with Crippen molar-refractivity contribution in [1.82, 2.24) is 15.5 Å². The number of nitrogens with one attached hydrogen (secondary N) is 2. The van der Waals surface area contributed by atoms with Gasteiger partial charge in [0, 0.05) is 18.7 Å². The second-order valence-electron chi connectivity index (χ2n) is 5.46. The summed E-state index contributed by atoms with van der Waals surface area (Å²) in [6.45, 7) is 10.7. The van der Waals surface area contributed by atoms with Gasteiger partial charge in [-0.15, -0.1) is 0 Å². The highest BCUT2D eigenvalue weighted by atomic mass is 32.1. The number of rotatable bonds is 10. The number of amides is 1. The fourth-order valence-electron chi connectivity index (χ4n) is 2.12. The number of likely N-dealkylation sites (N-methyl/N-ethyl adjacent to an activating group) is 1. The minimum Gasteiger partial charge on any atom is -0.494 e. The Morgan fingerprint density at radius 3 is 2.42 bits per heavy atom. The molecule has 1 aromatic carbocycles. The van der Waals surface area contributed by atoms with Crippen LogP contribution in [0.4, 0.5) is 0 Å². The average molecular weight is 352 g/mol. The molecule has 0 saturated heterocycles. The van der Waals surface area contributed by atoms with Crippen LogP contribution in [-0.4, -0.2) is 48.7 Å². The van der Waals surface area contributed by atoms with Gasteiger partial charge in [0.15, 0.2) is 5.11 Å². The third-order valence-corrected chi connectivity index (χ3v) is 3.96. The van der Waals surface area contributed by atoms with Gasteiger partial charge in [-0.2, -0.15) is 0 Å². The highest BCUT2D eigenvalue weighted by Crippen LogP contribution is 2.12. The van der Waals surface area contributed by atoms with Gasteiger partial charge in [-0.3, -0.25) is 10.1 Å². The molecule has 0 saturated carbocycles. The first kappa shape index (κ1) is 20.4. The van der Waals surface area contributed by atoms with Crippen molar-refractivity contribution in [1.29, 1.82) is 0 Å². The highest BCUT2D eigenvalue weighted by molar-refractivity contribution is 7.80. The maximum atomic E-state index is 12.1. The lowest BCUT2D eigenvalue weighted by molar-refractivity contribution is 0.0976. The molecule has 6 heteroatoms. The molecule has 24 heavy (non-hydrogen) atoms. The van der Waals surface area contributed by atoms with Gasteiger partial charge in [0.05, 0.1) is 6.61 Å². The summed E-state index contributed by atoms with van der Waals surface area (Å²) in [7, 11) is 0. The van der Waals surface area contributed by atoms with E-state index in [1.807, 2.05) is 0 Å². The van der Waals surface area contributed by atoms with Crippen LogP contribution >= 0.6 is 12.2 Å². The molecule has 5 nitrogen and oxygen atoms in total. The summed E-state index contributed by atoms with van der Waals surface area (Å²) in [5, 5.41) is 6.12. The van der Waals surface area contributed by atoms with Gasteiger partial charge < -0.3 is 15.0 Å². The van der Waals surface area contributed by atoms with E-state index >= 15 is 0 Å². The van der Waals surface area contributed by atoms with Gasteiger partial charge in [0.25, 0.3) is 5.91 Å². The molecule has 1 amide bonds. The van der Waals surface area contributed by atoms with E-state index in [4.69, 9.17) is 17.0 Å². The molecular weight excluding hydrogens is 322 g/mol. The molecule has 0 aliphatic carbocycles. The first-order valence-electron chi connectivity index (χ1n) is 8.65. The largest absolute Gasteiger partial charge is 0.494 e. The van der Waals surface area contributed by atoms with E-state index in [9.17, 15) is 4.79 Å². The van der Waals surface area contributed by atoms with Crippen molar-refractivity contribution in [3.05, 3.63) is 29.8 Å². The van der Waals surface area contributed by atoms with E-state index in [2.05, 4.69) is 36.3 Å². The Bertz CT molecular complexity index is 501. The summed E-state index contributed by atoms with van der Waals surface area (Å²) in [6.07, 6.45) is 2.12. The first-order valence-corrected chi connectivity index (χ1v) is 9.05. The fourth-order valence-corrected chi connectivity index (χ4v) is 2.32. The number of unbranched alkanes of at least 4 members (excludes halogenated alkanes) is 1. The summed E-state index contributed by atoms with van der Waals surface area (Å²) >= 11 is 5.16. The average Bonchev–Trinajstić information content (AvgIpc) is 2.59. The maximum absolute atomic E-state index is 12.1. The lowest BCUT2D eigenvalue weighted by atomic mass is 10.2. The topological polar surface area (TPSA) is 53.6 Å². The zero-order chi connectivity index (χ0) is 17.8.